The van der Waals surface area contributed by atoms with Gasteiger partial charge in [-0.15, -0.1) is 0 Å². The first-order valence-electron chi connectivity index (χ1n) is 9.66. The molecule has 0 radical (unpaired) electrons. The molecule has 0 unspecified atom stereocenters. The standard InChI is InChI=1S/C21H22N4O3/c26-13-19-16-8-15(18-6-3-7-20(27)25(18)19)10-23(11-16)21(28)12-24-17-5-2-1-4-14(17)9-22-24/h1-7,9,15-16,19,26H,8,10-13H2/t15-,16+,19+/m1/s1. The van der Waals surface area contributed by atoms with Gasteiger partial charge in [0.1, 0.15) is 6.54 Å². The van der Waals surface area contributed by atoms with Crippen molar-refractivity contribution < 1.29 is 9.90 Å². The van der Waals surface area contributed by atoms with Crippen molar-refractivity contribution in [2.24, 2.45) is 5.92 Å². The lowest BCUT2D eigenvalue weighted by Crippen LogP contribution is -2.52. The van der Waals surface area contributed by atoms with Crippen LogP contribution in [0.1, 0.15) is 24.1 Å². The molecule has 3 atom stereocenters. The van der Waals surface area contributed by atoms with Gasteiger partial charge in [-0.3, -0.25) is 14.3 Å². The number of likely N-dealkylation sites (tertiary alicyclic amines) is 1. The minimum Gasteiger partial charge on any atom is -0.394 e. The molecule has 1 fully saturated rings. The Morgan fingerprint density at radius 1 is 1.14 bits per heavy atom. The van der Waals surface area contributed by atoms with Gasteiger partial charge in [0.15, 0.2) is 0 Å². The zero-order valence-electron chi connectivity index (χ0n) is 15.4. The molecule has 1 amide bonds. The second kappa shape index (κ2) is 6.60. The number of benzene rings is 1. The van der Waals surface area contributed by atoms with Crippen LogP contribution in [0.5, 0.6) is 0 Å². The second-order valence-electron chi connectivity index (χ2n) is 7.76. The molecule has 1 N–H and O–H groups in total. The summed E-state index contributed by atoms with van der Waals surface area (Å²) in [5.74, 6) is 0.218. The van der Waals surface area contributed by atoms with Crippen LogP contribution in [0.25, 0.3) is 10.9 Å². The molecule has 5 rings (SSSR count). The summed E-state index contributed by atoms with van der Waals surface area (Å²) >= 11 is 0. The number of hydrogen-bond donors (Lipinski definition) is 1. The summed E-state index contributed by atoms with van der Waals surface area (Å²) in [5, 5.41) is 15.3. The molecule has 2 aromatic heterocycles. The van der Waals surface area contributed by atoms with E-state index in [-0.39, 0.29) is 42.5 Å². The Kier molecular flexibility index (Phi) is 4.05. The number of para-hydroxylation sites is 1. The number of carbonyl (C=O) groups is 1. The van der Waals surface area contributed by atoms with E-state index < -0.39 is 0 Å². The fourth-order valence-corrected chi connectivity index (χ4v) is 4.86. The molecule has 7 nitrogen and oxygen atoms in total. The van der Waals surface area contributed by atoms with Crippen LogP contribution in [0.4, 0.5) is 0 Å². The van der Waals surface area contributed by atoms with Crippen LogP contribution in [0, 0.1) is 5.92 Å². The summed E-state index contributed by atoms with van der Waals surface area (Å²) in [6.07, 6.45) is 2.67. The highest BCUT2D eigenvalue weighted by atomic mass is 16.3. The molecule has 28 heavy (non-hydrogen) atoms. The number of rotatable bonds is 3. The Morgan fingerprint density at radius 2 is 2.00 bits per heavy atom. The zero-order chi connectivity index (χ0) is 19.3. The minimum absolute atomic E-state index is 0.0203. The maximum Gasteiger partial charge on any atom is 0.251 e. The van der Waals surface area contributed by atoms with Crippen molar-refractivity contribution in [3.05, 3.63) is 64.7 Å². The molecule has 0 saturated carbocycles. The van der Waals surface area contributed by atoms with E-state index >= 15 is 0 Å². The summed E-state index contributed by atoms with van der Waals surface area (Å²) < 4.78 is 3.48. The van der Waals surface area contributed by atoms with Crippen molar-refractivity contribution in [1.29, 1.82) is 0 Å². The number of piperidine rings is 1. The number of fused-ring (bicyclic) bond motifs is 5. The number of aliphatic hydroxyl groups excluding tert-OH is 1. The molecular weight excluding hydrogens is 356 g/mol. The van der Waals surface area contributed by atoms with E-state index in [1.807, 2.05) is 35.2 Å². The first-order valence-corrected chi connectivity index (χ1v) is 9.66. The van der Waals surface area contributed by atoms with Gasteiger partial charge in [0.05, 0.1) is 24.4 Å². The van der Waals surface area contributed by atoms with Gasteiger partial charge in [-0.05, 0) is 18.6 Å². The molecule has 0 aliphatic carbocycles. The van der Waals surface area contributed by atoms with Gasteiger partial charge in [0.25, 0.3) is 5.56 Å². The number of carbonyl (C=O) groups excluding carboxylic acids is 1. The van der Waals surface area contributed by atoms with Crippen LogP contribution in [0.2, 0.25) is 0 Å². The van der Waals surface area contributed by atoms with Crippen molar-refractivity contribution in [2.75, 3.05) is 19.7 Å². The fourth-order valence-electron chi connectivity index (χ4n) is 4.86. The lowest BCUT2D eigenvalue weighted by atomic mass is 9.78. The lowest BCUT2D eigenvalue weighted by Gasteiger charge is -2.46. The van der Waals surface area contributed by atoms with Crippen molar-refractivity contribution in [2.45, 2.75) is 24.9 Å². The lowest BCUT2D eigenvalue weighted by molar-refractivity contribution is -0.135. The predicted octanol–water partition coefficient (Wildman–Crippen LogP) is 1.38. The topological polar surface area (TPSA) is 80.4 Å². The van der Waals surface area contributed by atoms with Crippen molar-refractivity contribution in [1.82, 2.24) is 19.2 Å². The Balaban J connectivity index is 1.43. The largest absolute Gasteiger partial charge is 0.394 e. The molecule has 1 saturated heterocycles. The molecular formula is C21H22N4O3. The van der Waals surface area contributed by atoms with Gasteiger partial charge in [-0.25, -0.2) is 0 Å². The van der Waals surface area contributed by atoms with Crippen molar-refractivity contribution in [3.8, 4) is 0 Å². The maximum atomic E-state index is 13.0. The monoisotopic (exact) mass is 378 g/mol. The van der Waals surface area contributed by atoms with Gasteiger partial charge in [0, 0.05) is 42.1 Å². The summed E-state index contributed by atoms with van der Waals surface area (Å²) in [4.78, 5) is 27.3. The molecule has 1 aromatic carbocycles. The second-order valence-corrected chi connectivity index (χ2v) is 7.76. The van der Waals surface area contributed by atoms with Crippen LogP contribution >= 0.6 is 0 Å². The maximum absolute atomic E-state index is 13.0. The molecule has 2 bridgehead atoms. The van der Waals surface area contributed by atoms with Gasteiger partial charge < -0.3 is 14.6 Å². The summed E-state index contributed by atoms with van der Waals surface area (Å²) in [7, 11) is 0. The molecule has 0 spiro atoms. The average molecular weight is 378 g/mol. The summed E-state index contributed by atoms with van der Waals surface area (Å²) in [6, 6.07) is 12.8. The van der Waals surface area contributed by atoms with Crippen molar-refractivity contribution >= 4 is 16.8 Å². The number of aromatic nitrogens is 3. The highest BCUT2D eigenvalue weighted by Crippen LogP contribution is 2.40. The minimum atomic E-state index is -0.277. The number of aliphatic hydroxyl groups is 1. The Morgan fingerprint density at radius 3 is 2.86 bits per heavy atom. The molecule has 144 valence electrons. The third kappa shape index (κ3) is 2.65. The molecule has 7 heteroatoms. The van der Waals surface area contributed by atoms with Crippen LogP contribution in [-0.2, 0) is 11.3 Å². The molecule has 2 aliphatic heterocycles. The summed E-state index contributed by atoms with van der Waals surface area (Å²) in [5.41, 5.74) is 1.79. The van der Waals surface area contributed by atoms with Gasteiger partial charge in [-0.2, -0.15) is 5.10 Å². The van der Waals surface area contributed by atoms with E-state index in [0.29, 0.717) is 13.1 Å². The van der Waals surface area contributed by atoms with Crippen LogP contribution in [0.15, 0.2) is 53.5 Å². The Hall–Kier alpha value is -2.93. The van der Waals surface area contributed by atoms with Gasteiger partial charge in [-0.1, -0.05) is 24.3 Å². The normalized spacial score (nSPS) is 23.6. The van der Waals surface area contributed by atoms with E-state index in [1.165, 1.54) is 0 Å². The van der Waals surface area contributed by atoms with E-state index in [1.54, 1.807) is 27.6 Å². The Labute approximate surface area is 161 Å². The van der Waals surface area contributed by atoms with E-state index in [2.05, 4.69) is 5.10 Å². The molecule has 4 heterocycles. The van der Waals surface area contributed by atoms with Gasteiger partial charge >= 0.3 is 0 Å². The SMILES string of the molecule is O=C(Cn1ncc2ccccc21)N1C[C@H]2C[C@@H](C1)[C@H](CO)n1c2cccc1=O. The smallest absolute Gasteiger partial charge is 0.251 e. The molecule has 2 aliphatic rings. The third-order valence-electron chi connectivity index (χ3n) is 6.17. The van der Waals surface area contributed by atoms with Crippen LogP contribution in [0.3, 0.4) is 0 Å². The zero-order valence-corrected chi connectivity index (χ0v) is 15.4. The van der Waals surface area contributed by atoms with Crippen molar-refractivity contribution in [3.63, 3.8) is 0 Å². The highest BCUT2D eigenvalue weighted by Gasteiger charge is 2.41. The predicted molar refractivity (Wildman–Crippen MR) is 104 cm³/mol. The average Bonchev–Trinajstić information content (AvgIpc) is 3.12. The Bertz CT molecular complexity index is 1100. The highest BCUT2D eigenvalue weighted by molar-refractivity contribution is 5.82. The third-order valence-corrected chi connectivity index (χ3v) is 6.17. The van der Waals surface area contributed by atoms with E-state index in [0.717, 1.165) is 23.0 Å². The number of hydrogen-bond acceptors (Lipinski definition) is 4. The molecule has 3 aromatic rings. The van der Waals surface area contributed by atoms with Crippen LogP contribution in [-0.4, -0.2) is 50.0 Å². The van der Waals surface area contributed by atoms with E-state index in [4.69, 9.17) is 0 Å². The first kappa shape index (κ1) is 17.2. The van der Waals surface area contributed by atoms with Crippen LogP contribution < -0.4 is 5.56 Å². The fraction of sp³-hybridized carbons (Fsp3) is 0.381. The van der Waals surface area contributed by atoms with Gasteiger partial charge in [0.2, 0.25) is 5.91 Å². The first-order chi connectivity index (χ1) is 13.7. The number of nitrogens with zero attached hydrogens (tertiary/aromatic N) is 4. The van der Waals surface area contributed by atoms with E-state index in [9.17, 15) is 14.7 Å². The number of amides is 1. The quantitative estimate of drug-likeness (QED) is 0.747. The summed E-state index contributed by atoms with van der Waals surface area (Å²) in [6.45, 7) is 1.25. The number of pyridine rings is 1.